The van der Waals surface area contributed by atoms with Crippen LogP contribution in [-0.2, 0) is 9.53 Å². The Morgan fingerprint density at radius 1 is 1.73 bits per heavy atom. The molecular weight excluding hydrogens is 146 g/mol. The van der Waals surface area contributed by atoms with Gasteiger partial charge in [0.15, 0.2) is 0 Å². The zero-order chi connectivity index (χ0) is 8.32. The highest BCUT2D eigenvalue weighted by molar-refractivity contribution is 5.68. The van der Waals surface area contributed by atoms with Crippen LogP contribution in [0.5, 0.6) is 0 Å². The maximum absolute atomic E-state index is 10.3. The molecule has 4 nitrogen and oxygen atoms in total. The van der Waals surface area contributed by atoms with Gasteiger partial charge in [-0.1, -0.05) is 0 Å². The molecule has 1 aliphatic heterocycles. The largest absolute Gasteiger partial charge is 0.481 e. The molecule has 0 aromatic heterocycles. The summed E-state index contributed by atoms with van der Waals surface area (Å²) >= 11 is 0. The Bertz CT molecular complexity index is 152. The lowest BCUT2D eigenvalue weighted by atomic mass is 9.90. The predicted molar refractivity (Wildman–Crippen MR) is 39.2 cm³/mol. The summed E-state index contributed by atoms with van der Waals surface area (Å²) in [6, 6.07) is 0. The second-order valence-electron chi connectivity index (χ2n) is 3.09. The lowest BCUT2D eigenvalue weighted by Gasteiger charge is -2.31. The van der Waals surface area contributed by atoms with Gasteiger partial charge < -0.3 is 15.6 Å². The molecule has 0 aliphatic carbocycles. The maximum atomic E-state index is 10.3. The smallest absolute Gasteiger partial charge is 0.305 e. The number of rotatable bonds is 2. The highest BCUT2D eigenvalue weighted by atomic mass is 16.5. The van der Waals surface area contributed by atoms with Crippen molar-refractivity contribution in [1.82, 2.24) is 0 Å². The van der Waals surface area contributed by atoms with Gasteiger partial charge in [-0.25, -0.2) is 0 Å². The van der Waals surface area contributed by atoms with E-state index in [9.17, 15) is 4.79 Å². The number of hydrogen-bond acceptors (Lipinski definition) is 3. The number of carbonyl (C=O) groups is 1. The van der Waals surface area contributed by atoms with E-state index in [2.05, 4.69) is 0 Å². The molecule has 0 aromatic carbocycles. The van der Waals surface area contributed by atoms with Crippen LogP contribution in [0.3, 0.4) is 0 Å². The van der Waals surface area contributed by atoms with Gasteiger partial charge in [0.25, 0.3) is 0 Å². The maximum Gasteiger partial charge on any atom is 0.305 e. The Hall–Kier alpha value is -0.610. The topological polar surface area (TPSA) is 72.6 Å². The zero-order valence-corrected chi connectivity index (χ0v) is 6.38. The van der Waals surface area contributed by atoms with Gasteiger partial charge in [0.1, 0.15) is 0 Å². The lowest BCUT2D eigenvalue weighted by molar-refractivity contribution is -0.139. The van der Waals surface area contributed by atoms with E-state index >= 15 is 0 Å². The Balaban J connectivity index is 2.43. The van der Waals surface area contributed by atoms with Crippen molar-refractivity contribution in [3.05, 3.63) is 0 Å². The van der Waals surface area contributed by atoms with Crippen molar-refractivity contribution >= 4 is 5.97 Å². The van der Waals surface area contributed by atoms with Crippen LogP contribution in [0.25, 0.3) is 0 Å². The average Bonchev–Trinajstić information content (AvgIpc) is 1.85. The molecule has 64 valence electrons. The zero-order valence-electron chi connectivity index (χ0n) is 6.38. The van der Waals surface area contributed by atoms with Gasteiger partial charge >= 0.3 is 5.97 Å². The number of carboxylic acid groups (broad SMARTS) is 1. The first kappa shape index (κ1) is 8.49. The molecule has 1 heterocycles. The Kier molecular flexibility index (Phi) is 2.46. The van der Waals surface area contributed by atoms with Gasteiger partial charge in [-0.15, -0.1) is 0 Å². The van der Waals surface area contributed by atoms with Gasteiger partial charge in [0.2, 0.25) is 0 Å². The fourth-order valence-electron chi connectivity index (χ4n) is 1.31. The fourth-order valence-corrected chi connectivity index (χ4v) is 1.31. The first-order valence-corrected chi connectivity index (χ1v) is 3.71. The van der Waals surface area contributed by atoms with Crippen molar-refractivity contribution in [2.24, 2.45) is 5.73 Å². The van der Waals surface area contributed by atoms with Gasteiger partial charge in [0, 0.05) is 12.1 Å². The van der Waals surface area contributed by atoms with Crippen molar-refractivity contribution in [1.29, 1.82) is 0 Å². The number of ether oxygens (including phenoxy) is 1. The first-order chi connectivity index (χ1) is 5.12. The summed E-state index contributed by atoms with van der Waals surface area (Å²) in [6.45, 7) is 1.08. The summed E-state index contributed by atoms with van der Waals surface area (Å²) in [7, 11) is 0. The van der Waals surface area contributed by atoms with E-state index in [1.54, 1.807) is 0 Å². The van der Waals surface area contributed by atoms with E-state index in [1.807, 2.05) is 0 Å². The lowest BCUT2D eigenvalue weighted by Crippen LogP contribution is -2.48. The van der Waals surface area contributed by atoms with E-state index in [-0.39, 0.29) is 6.42 Å². The highest BCUT2D eigenvalue weighted by Gasteiger charge is 2.30. The summed E-state index contributed by atoms with van der Waals surface area (Å²) in [5.41, 5.74) is 5.13. The molecule has 0 saturated carbocycles. The molecule has 1 aliphatic rings. The number of aliphatic carboxylic acids is 1. The second-order valence-corrected chi connectivity index (χ2v) is 3.09. The standard InChI is InChI=1S/C7H13NO3/c8-7(4-6(9)10)2-1-3-11-5-7/h1-5,8H2,(H,9,10)/t7-/m0/s1. The summed E-state index contributed by atoms with van der Waals surface area (Å²) in [6.07, 6.45) is 1.62. The molecule has 1 atom stereocenters. The van der Waals surface area contributed by atoms with E-state index in [0.29, 0.717) is 13.2 Å². The van der Waals surface area contributed by atoms with Crippen LogP contribution < -0.4 is 5.73 Å². The first-order valence-electron chi connectivity index (χ1n) is 3.71. The minimum atomic E-state index is -0.849. The molecule has 4 heteroatoms. The van der Waals surface area contributed by atoms with Crippen LogP contribution >= 0.6 is 0 Å². The van der Waals surface area contributed by atoms with E-state index in [1.165, 1.54) is 0 Å². The summed E-state index contributed by atoms with van der Waals surface area (Å²) in [5, 5.41) is 8.50. The van der Waals surface area contributed by atoms with Gasteiger partial charge in [-0.05, 0) is 12.8 Å². The summed E-state index contributed by atoms with van der Waals surface area (Å²) in [5.74, 6) is -0.849. The summed E-state index contributed by atoms with van der Waals surface area (Å²) in [4.78, 5) is 10.3. The fraction of sp³-hybridized carbons (Fsp3) is 0.857. The van der Waals surface area contributed by atoms with Crippen LogP contribution in [0.1, 0.15) is 19.3 Å². The van der Waals surface area contributed by atoms with Crippen molar-refractivity contribution < 1.29 is 14.6 Å². The van der Waals surface area contributed by atoms with Crippen molar-refractivity contribution in [3.63, 3.8) is 0 Å². The molecule has 11 heavy (non-hydrogen) atoms. The second kappa shape index (κ2) is 3.19. The van der Waals surface area contributed by atoms with Crippen molar-refractivity contribution in [2.45, 2.75) is 24.8 Å². The number of hydrogen-bond donors (Lipinski definition) is 2. The van der Waals surface area contributed by atoms with Gasteiger partial charge in [-0.3, -0.25) is 4.79 Å². The van der Waals surface area contributed by atoms with Crippen molar-refractivity contribution in [3.8, 4) is 0 Å². The molecular formula is C7H13NO3. The summed E-state index contributed by atoms with van der Waals surface area (Å²) < 4.78 is 5.10. The molecule has 3 N–H and O–H groups in total. The Morgan fingerprint density at radius 3 is 2.91 bits per heavy atom. The van der Waals surface area contributed by atoms with E-state index in [0.717, 1.165) is 12.8 Å². The quantitative estimate of drug-likeness (QED) is 0.593. The van der Waals surface area contributed by atoms with E-state index < -0.39 is 11.5 Å². The average molecular weight is 159 g/mol. The number of carboxylic acids is 1. The molecule has 0 aromatic rings. The molecule has 0 bridgehead atoms. The monoisotopic (exact) mass is 159 g/mol. The van der Waals surface area contributed by atoms with Gasteiger partial charge in [0.05, 0.1) is 13.0 Å². The third kappa shape index (κ3) is 2.48. The molecule has 1 fully saturated rings. The Labute approximate surface area is 65.3 Å². The highest BCUT2D eigenvalue weighted by Crippen LogP contribution is 2.19. The van der Waals surface area contributed by atoms with E-state index in [4.69, 9.17) is 15.6 Å². The SMILES string of the molecule is N[C@]1(CC(=O)O)CCCOC1. The van der Waals surface area contributed by atoms with Crippen LogP contribution in [-0.4, -0.2) is 29.8 Å². The van der Waals surface area contributed by atoms with Crippen LogP contribution in [0, 0.1) is 0 Å². The molecule has 0 spiro atoms. The minimum absolute atomic E-state index is 0.00694. The molecule has 0 radical (unpaired) electrons. The van der Waals surface area contributed by atoms with Crippen molar-refractivity contribution in [2.75, 3.05) is 13.2 Å². The molecule has 1 saturated heterocycles. The Morgan fingerprint density at radius 2 is 2.45 bits per heavy atom. The number of nitrogens with two attached hydrogens (primary N) is 1. The predicted octanol–water partition coefficient (Wildman–Crippen LogP) is -0.0310. The van der Waals surface area contributed by atoms with Crippen LogP contribution in [0.15, 0.2) is 0 Å². The minimum Gasteiger partial charge on any atom is -0.481 e. The molecule has 0 unspecified atom stereocenters. The third-order valence-electron chi connectivity index (χ3n) is 1.86. The van der Waals surface area contributed by atoms with Crippen LogP contribution in [0.4, 0.5) is 0 Å². The van der Waals surface area contributed by atoms with Crippen LogP contribution in [0.2, 0.25) is 0 Å². The normalized spacial score (nSPS) is 31.7. The molecule has 0 amide bonds. The molecule has 1 rings (SSSR count). The van der Waals surface area contributed by atoms with Gasteiger partial charge in [-0.2, -0.15) is 0 Å². The third-order valence-corrected chi connectivity index (χ3v) is 1.86.